The van der Waals surface area contributed by atoms with Gasteiger partial charge in [-0.3, -0.25) is 9.69 Å². The van der Waals surface area contributed by atoms with Gasteiger partial charge in [0.05, 0.1) is 22.5 Å². The van der Waals surface area contributed by atoms with Crippen LogP contribution < -0.4 is 4.90 Å². The predicted molar refractivity (Wildman–Crippen MR) is 114 cm³/mol. The molecule has 7 nitrogen and oxygen atoms in total. The van der Waals surface area contributed by atoms with Crippen LogP contribution in [0.1, 0.15) is 37.8 Å². The lowest BCUT2D eigenvalue weighted by atomic mass is 9.83. The summed E-state index contributed by atoms with van der Waals surface area (Å²) >= 11 is 5.90. The second-order valence-electron chi connectivity index (χ2n) is 8.76. The molecule has 0 atom stereocenters. The van der Waals surface area contributed by atoms with E-state index in [4.69, 9.17) is 16.7 Å². The van der Waals surface area contributed by atoms with Crippen molar-refractivity contribution in [1.82, 2.24) is 14.1 Å². The molecule has 160 valence electrons. The number of hydrogen-bond donors (Lipinski definition) is 0. The maximum absolute atomic E-state index is 13.1. The van der Waals surface area contributed by atoms with Crippen LogP contribution in [0.2, 0.25) is 5.02 Å². The Balaban J connectivity index is 1.40. The van der Waals surface area contributed by atoms with Gasteiger partial charge in [-0.25, -0.2) is 13.1 Å². The first-order chi connectivity index (χ1) is 14.3. The van der Waals surface area contributed by atoms with Crippen LogP contribution in [0.4, 0.5) is 5.82 Å². The predicted octanol–water partition coefficient (Wildman–Crippen LogP) is 3.17. The number of nitrogens with zero attached hydrogens (tertiary/aromatic N) is 4. The van der Waals surface area contributed by atoms with Crippen LogP contribution in [0.3, 0.4) is 0 Å². The van der Waals surface area contributed by atoms with Crippen LogP contribution in [-0.4, -0.2) is 48.0 Å². The zero-order valence-corrected chi connectivity index (χ0v) is 18.5. The number of hydrogen-bond acceptors (Lipinski definition) is 4. The van der Waals surface area contributed by atoms with Gasteiger partial charge < -0.3 is 0 Å². The first-order valence-electron chi connectivity index (χ1n) is 10.4. The number of carbonyl (C=O) groups excluding carboxylic acids is 1. The number of aryl methyl sites for hydroxylation is 1. The lowest BCUT2D eigenvalue weighted by molar-refractivity contribution is -0.122. The summed E-state index contributed by atoms with van der Waals surface area (Å²) in [5.41, 5.74) is 0.434. The summed E-state index contributed by atoms with van der Waals surface area (Å²) in [5, 5.41) is 5.24. The Kier molecular flexibility index (Phi) is 4.72. The van der Waals surface area contributed by atoms with E-state index >= 15 is 0 Å². The van der Waals surface area contributed by atoms with E-state index in [0.717, 1.165) is 18.1 Å². The Hall–Kier alpha value is -1.90. The lowest BCUT2D eigenvalue weighted by Gasteiger charge is -2.46. The van der Waals surface area contributed by atoms with E-state index in [0.29, 0.717) is 43.3 Å². The van der Waals surface area contributed by atoms with Gasteiger partial charge in [-0.15, -0.1) is 0 Å². The number of sulfonamides is 1. The molecule has 1 spiro atoms. The first-order valence-corrected chi connectivity index (χ1v) is 12.2. The maximum atomic E-state index is 13.1. The highest BCUT2D eigenvalue weighted by Gasteiger charge is 2.48. The number of anilines is 1. The highest BCUT2D eigenvalue weighted by molar-refractivity contribution is 7.89. The van der Waals surface area contributed by atoms with Crippen LogP contribution in [0, 0.1) is 12.8 Å². The molecule has 30 heavy (non-hydrogen) atoms. The van der Waals surface area contributed by atoms with E-state index in [-0.39, 0.29) is 10.8 Å². The average molecular weight is 449 g/mol. The molecule has 1 aromatic heterocycles. The van der Waals surface area contributed by atoms with Crippen molar-refractivity contribution in [3.63, 3.8) is 0 Å². The molecule has 2 aromatic rings. The average Bonchev–Trinajstić information content (AvgIpc) is 3.45. The van der Waals surface area contributed by atoms with Crippen molar-refractivity contribution in [3.05, 3.63) is 41.0 Å². The summed E-state index contributed by atoms with van der Waals surface area (Å²) in [6, 6.07) is 8.24. The number of piperidine rings is 1. The number of fused-ring (bicyclic) bond motifs is 2. The summed E-state index contributed by atoms with van der Waals surface area (Å²) in [6.45, 7) is 3.43. The lowest BCUT2D eigenvalue weighted by Crippen LogP contribution is -2.55. The van der Waals surface area contributed by atoms with E-state index in [1.165, 1.54) is 29.3 Å². The molecule has 1 amide bonds. The van der Waals surface area contributed by atoms with Gasteiger partial charge in [0.1, 0.15) is 5.82 Å². The fourth-order valence-corrected chi connectivity index (χ4v) is 6.22. The number of aromatic nitrogens is 2. The summed E-state index contributed by atoms with van der Waals surface area (Å²) in [4.78, 5) is 15.2. The molecule has 2 fully saturated rings. The highest BCUT2D eigenvalue weighted by atomic mass is 35.5. The molecular weight excluding hydrogens is 424 g/mol. The van der Waals surface area contributed by atoms with E-state index in [9.17, 15) is 13.2 Å². The van der Waals surface area contributed by atoms with E-state index < -0.39 is 15.6 Å². The number of amides is 1. The minimum atomic E-state index is -3.59. The maximum Gasteiger partial charge on any atom is 0.243 e. The van der Waals surface area contributed by atoms with Gasteiger partial charge in [0.25, 0.3) is 0 Å². The smallest absolute Gasteiger partial charge is 0.243 e. The summed E-state index contributed by atoms with van der Waals surface area (Å²) in [5.74, 6) is 1.59. The first kappa shape index (κ1) is 20.0. The molecule has 0 unspecified atom stereocenters. The molecule has 3 heterocycles. The quantitative estimate of drug-likeness (QED) is 0.719. The van der Waals surface area contributed by atoms with Gasteiger partial charge in [-0.1, -0.05) is 11.6 Å². The number of benzene rings is 1. The van der Waals surface area contributed by atoms with Crippen molar-refractivity contribution in [2.24, 2.45) is 5.92 Å². The van der Waals surface area contributed by atoms with Crippen LogP contribution >= 0.6 is 11.6 Å². The largest absolute Gasteiger partial charge is 0.297 e. The SMILES string of the molecule is Cc1cc2n(n1)C1(CCN(S(=O)(=O)c3ccc(Cl)cc3)CC1)CC(=O)N2CC1CC1. The number of halogens is 1. The van der Waals surface area contributed by atoms with Crippen LogP contribution in [0.15, 0.2) is 35.2 Å². The van der Waals surface area contributed by atoms with E-state index in [1.807, 2.05) is 22.6 Å². The van der Waals surface area contributed by atoms with Gasteiger partial charge in [-0.2, -0.15) is 9.40 Å². The third-order valence-corrected chi connectivity index (χ3v) is 8.73. The summed E-state index contributed by atoms with van der Waals surface area (Å²) in [6.07, 6.45) is 3.87. The minimum absolute atomic E-state index is 0.128. The van der Waals surface area contributed by atoms with Crippen molar-refractivity contribution >= 4 is 33.3 Å². The zero-order chi connectivity index (χ0) is 21.1. The van der Waals surface area contributed by atoms with Crippen LogP contribution in [-0.2, 0) is 20.4 Å². The van der Waals surface area contributed by atoms with Gasteiger partial charge in [0.2, 0.25) is 15.9 Å². The van der Waals surface area contributed by atoms with E-state index in [2.05, 4.69) is 0 Å². The van der Waals surface area contributed by atoms with Gasteiger partial charge in [0, 0.05) is 30.7 Å². The minimum Gasteiger partial charge on any atom is -0.297 e. The molecule has 1 saturated carbocycles. The Bertz CT molecular complexity index is 1080. The molecule has 2 aliphatic heterocycles. The van der Waals surface area contributed by atoms with Crippen molar-refractivity contribution in [2.45, 2.75) is 49.5 Å². The zero-order valence-electron chi connectivity index (χ0n) is 16.9. The van der Waals surface area contributed by atoms with Crippen molar-refractivity contribution in [1.29, 1.82) is 0 Å². The molecule has 0 bridgehead atoms. The van der Waals surface area contributed by atoms with Gasteiger partial charge in [0.15, 0.2) is 0 Å². The molecule has 1 aromatic carbocycles. The second-order valence-corrected chi connectivity index (χ2v) is 11.1. The fraction of sp³-hybridized carbons (Fsp3) is 0.524. The van der Waals surface area contributed by atoms with Crippen LogP contribution in [0.5, 0.6) is 0 Å². The molecule has 1 aliphatic carbocycles. The monoisotopic (exact) mass is 448 g/mol. The summed E-state index contributed by atoms with van der Waals surface area (Å²) in [7, 11) is -3.59. The number of rotatable bonds is 4. The number of carbonyl (C=O) groups is 1. The molecule has 5 rings (SSSR count). The van der Waals surface area contributed by atoms with E-state index in [1.54, 1.807) is 12.1 Å². The third-order valence-electron chi connectivity index (χ3n) is 6.56. The fourth-order valence-electron chi connectivity index (χ4n) is 4.65. The van der Waals surface area contributed by atoms with Crippen molar-refractivity contribution in [2.75, 3.05) is 24.5 Å². The Labute approximate surface area is 181 Å². The standard InChI is InChI=1S/C21H25ClN4O3S/c1-15-12-19-25(14-16-2-3-16)20(27)13-21(26(19)23-15)8-10-24(11-9-21)30(28,29)18-6-4-17(22)5-7-18/h4-7,12,16H,2-3,8-11,13-14H2,1H3. The molecule has 1 saturated heterocycles. The molecule has 9 heteroatoms. The normalized spacial score (nSPS) is 21.8. The third kappa shape index (κ3) is 3.35. The van der Waals surface area contributed by atoms with Crippen molar-refractivity contribution < 1.29 is 13.2 Å². The molecule has 0 N–H and O–H groups in total. The molecule has 0 radical (unpaired) electrons. The summed E-state index contributed by atoms with van der Waals surface area (Å²) < 4.78 is 29.6. The van der Waals surface area contributed by atoms with Gasteiger partial charge >= 0.3 is 0 Å². The Morgan fingerprint density at radius 3 is 2.47 bits per heavy atom. The Morgan fingerprint density at radius 2 is 1.83 bits per heavy atom. The molecule has 3 aliphatic rings. The molecular formula is C21H25ClN4O3S. The van der Waals surface area contributed by atoms with Gasteiger partial charge in [-0.05, 0) is 62.8 Å². The second kappa shape index (κ2) is 7.07. The highest BCUT2D eigenvalue weighted by Crippen LogP contribution is 2.43. The van der Waals surface area contributed by atoms with Crippen LogP contribution in [0.25, 0.3) is 0 Å². The topological polar surface area (TPSA) is 75.5 Å². The Morgan fingerprint density at radius 1 is 1.17 bits per heavy atom. The van der Waals surface area contributed by atoms with Crippen molar-refractivity contribution in [3.8, 4) is 0 Å².